The first-order valence-corrected chi connectivity index (χ1v) is 12.8. The SMILES string of the molecule is Cc1ccc(Oc2nc3cc(-c4ccc5c(ccn5C)c4)c(Cl)cc3[nH]2)cc1C(=O)NCCCCCN. The Bertz CT molecular complexity index is 1590. The monoisotopic (exact) mass is 515 g/mol. The number of aromatic nitrogens is 3. The Labute approximate surface area is 220 Å². The van der Waals surface area contributed by atoms with Crippen LogP contribution in [0.5, 0.6) is 11.8 Å². The molecule has 7 nitrogen and oxygen atoms in total. The van der Waals surface area contributed by atoms with Crippen molar-refractivity contribution in [2.75, 3.05) is 13.1 Å². The molecule has 0 aliphatic heterocycles. The van der Waals surface area contributed by atoms with Crippen molar-refractivity contribution in [1.29, 1.82) is 0 Å². The summed E-state index contributed by atoms with van der Waals surface area (Å²) in [6, 6.07) is 18.0. The van der Waals surface area contributed by atoms with Crippen molar-refractivity contribution in [3.05, 3.63) is 76.9 Å². The number of carbonyl (C=O) groups excluding carboxylic acids is 1. The van der Waals surface area contributed by atoms with Gasteiger partial charge in [0.05, 0.1) is 16.1 Å². The first-order valence-electron chi connectivity index (χ1n) is 12.4. The van der Waals surface area contributed by atoms with Crippen molar-refractivity contribution in [2.45, 2.75) is 26.2 Å². The molecular formula is C29H30ClN5O2. The summed E-state index contributed by atoms with van der Waals surface area (Å²) in [6.07, 6.45) is 4.91. The predicted octanol–water partition coefficient (Wildman–Crippen LogP) is 6.33. The smallest absolute Gasteiger partial charge is 0.300 e. The van der Waals surface area contributed by atoms with Gasteiger partial charge in [-0.2, -0.15) is 4.98 Å². The van der Waals surface area contributed by atoms with Crippen LogP contribution in [0.1, 0.15) is 35.2 Å². The number of carbonyl (C=O) groups is 1. The average Bonchev–Trinajstić information content (AvgIpc) is 3.46. The zero-order valence-corrected chi connectivity index (χ0v) is 21.7. The molecule has 3 aromatic carbocycles. The molecular weight excluding hydrogens is 486 g/mol. The number of H-pyrrole nitrogens is 1. The molecule has 0 aliphatic rings. The molecule has 2 heterocycles. The predicted molar refractivity (Wildman–Crippen MR) is 150 cm³/mol. The number of hydrogen-bond donors (Lipinski definition) is 3. The lowest BCUT2D eigenvalue weighted by Crippen LogP contribution is -2.25. The number of fused-ring (bicyclic) bond motifs is 2. The summed E-state index contributed by atoms with van der Waals surface area (Å²) in [6.45, 7) is 3.20. The molecule has 5 rings (SSSR count). The summed E-state index contributed by atoms with van der Waals surface area (Å²) in [5.41, 5.74) is 11.6. The molecule has 0 fully saturated rings. The van der Waals surface area contributed by atoms with E-state index in [1.54, 1.807) is 6.07 Å². The van der Waals surface area contributed by atoms with E-state index in [9.17, 15) is 4.79 Å². The maximum absolute atomic E-state index is 12.7. The molecule has 0 aliphatic carbocycles. The minimum Gasteiger partial charge on any atom is -0.426 e. The second kappa shape index (κ2) is 10.7. The molecule has 0 atom stereocenters. The Morgan fingerprint density at radius 1 is 1.11 bits per heavy atom. The van der Waals surface area contributed by atoms with Crippen LogP contribution in [-0.4, -0.2) is 33.5 Å². The molecule has 4 N–H and O–H groups in total. The number of nitrogens with zero attached hydrogens (tertiary/aromatic N) is 2. The third-order valence-corrected chi connectivity index (χ3v) is 6.89. The van der Waals surface area contributed by atoms with Crippen molar-refractivity contribution >= 4 is 39.4 Å². The number of halogens is 1. The lowest BCUT2D eigenvalue weighted by Gasteiger charge is -2.10. The number of aromatic amines is 1. The summed E-state index contributed by atoms with van der Waals surface area (Å²) >= 11 is 6.66. The van der Waals surface area contributed by atoms with Crippen molar-refractivity contribution in [2.24, 2.45) is 12.8 Å². The van der Waals surface area contributed by atoms with E-state index in [0.717, 1.165) is 57.9 Å². The number of unbranched alkanes of at least 4 members (excludes halogenated alkanes) is 2. The molecule has 0 saturated carbocycles. The number of aryl methyl sites for hydroxylation is 2. The van der Waals surface area contributed by atoms with Crippen molar-refractivity contribution in [1.82, 2.24) is 19.9 Å². The van der Waals surface area contributed by atoms with Gasteiger partial charge in [-0.1, -0.05) is 30.2 Å². The van der Waals surface area contributed by atoms with Crippen LogP contribution in [0.25, 0.3) is 33.1 Å². The molecule has 37 heavy (non-hydrogen) atoms. The summed E-state index contributed by atoms with van der Waals surface area (Å²) in [5.74, 6) is 0.408. The molecule has 190 valence electrons. The molecule has 0 unspecified atom stereocenters. The third-order valence-electron chi connectivity index (χ3n) is 6.58. The van der Waals surface area contributed by atoms with Gasteiger partial charge in [0.2, 0.25) is 0 Å². The summed E-state index contributed by atoms with van der Waals surface area (Å²) in [7, 11) is 2.03. The number of hydrogen-bond acceptors (Lipinski definition) is 4. The topological polar surface area (TPSA) is 98.0 Å². The van der Waals surface area contributed by atoms with Crippen LogP contribution in [0.15, 0.2) is 60.8 Å². The van der Waals surface area contributed by atoms with Gasteiger partial charge in [0.1, 0.15) is 5.75 Å². The van der Waals surface area contributed by atoms with Gasteiger partial charge < -0.3 is 25.3 Å². The number of ether oxygens (including phenoxy) is 1. The van der Waals surface area contributed by atoms with Gasteiger partial charge in [0, 0.05) is 41.8 Å². The molecule has 2 aromatic heterocycles. The Kier molecular flexibility index (Phi) is 7.17. The highest BCUT2D eigenvalue weighted by Crippen LogP contribution is 2.34. The fraction of sp³-hybridized carbons (Fsp3) is 0.241. The zero-order chi connectivity index (χ0) is 25.9. The highest BCUT2D eigenvalue weighted by molar-refractivity contribution is 6.34. The number of amides is 1. The van der Waals surface area contributed by atoms with E-state index in [-0.39, 0.29) is 5.91 Å². The molecule has 0 bridgehead atoms. The van der Waals surface area contributed by atoms with Crippen LogP contribution in [-0.2, 0) is 7.05 Å². The summed E-state index contributed by atoms with van der Waals surface area (Å²) < 4.78 is 8.09. The molecule has 5 aromatic rings. The van der Waals surface area contributed by atoms with Gasteiger partial charge in [-0.15, -0.1) is 0 Å². The van der Waals surface area contributed by atoms with E-state index in [1.807, 2.05) is 44.4 Å². The Morgan fingerprint density at radius 3 is 2.81 bits per heavy atom. The highest BCUT2D eigenvalue weighted by Gasteiger charge is 2.14. The van der Waals surface area contributed by atoms with E-state index < -0.39 is 0 Å². The number of nitrogens with one attached hydrogen (secondary N) is 2. The van der Waals surface area contributed by atoms with Gasteiger partial charge in [-0.3, -0.25) is 4.79 Å². The fourth-order valence-electron chi connectivity index (χ4n) is 4.49. The first-order chi connectivity index (χ1) is 17.9. The van der Waals surface area contributed by atoms with Crippen LogP contribution in [0.2, 0.25) is 5.02 Å². The van der Waals surface area contributed by atoms with Gasteiger partial charge in [0.25, 0.3) is 11.9 Å². The van der Waals surface area contributed by atoms with E-state index in [4.69, 9.17) is 22.1 Å². The highest BCUT2D eigenvalue weighted by atomic mass is 35.5. The fourth-order valence-corrected chi connectivity index (χ4v) is 4.76. The molecule has 0 spiro atoms. The maximum atomic E-state index is 12.7. The van der Waals surface area contributed by atoms with Crippen molar-refractivity contribution in [3.8, 4) is 22.9 Å². The lowest BCUT2D eigenvalue weighted by atomic mass is 10.0. The van der Waals surface area contributed by atoms with Gasteiger partial charge >= 0.3 is 0 Å². The Balaban J connectivity index is 1.36. The maximum Gasteiger partial charge on any atom is 0.300 e. The minimum atomic E-state index is -0.118. The van der Waals surface area contributed by atoms with Crippen LogP contribution in [0.4, 0.5) is 0 Å². The molecule has 8 heteroatoms. The standard InChI is InChI=1S/C29H30ClN5O2/c1-18-6-8-21(15-22(18)28(36)32-12-5-3-4-11-31)37-29-33-25-16-23(24(30)17-26(25)34-29)19-7-9-27-20(14-19)10-13-35(27)2/h6-10,13-17H,3-5,11-12,31H2,1-2H3,(H,32,36)(H,33,34). The number of rotatable bonds is 9. The number of nitrogens with two attached hydrogens (primary N) is 1. The van der Waals surface area contributed by atoms with Crippen LogP contribution in [0.3, 0.4) is 0 Å². The van der Waals surface area contributed by atoms with Crippen LogP contribution in [0, 0.1) is 6.92 Å². The zero-order valence-electron chi connectivity index (χ0n) is 21.0. The second-order valence-electron chi connectivity index (χ2n) is 9.28. The second-order valence-corrected chi connectivity index (χ2v) is 9.68. The largest absolute Gasteiger partial charge is 0.426 e. The third kappa shape index (κ3) is 5.33. The average molecular weight is 516 g/mol. The van der Waals surface area contributed by atoms with Gasteiger partial charge in [-0.05, 0) is 79.9 Å². The number of benzene rings is 3. The minimum absolute atomic E-state index is 0.118. The first kappa shape index (κ1) is 24.9. The van der Waals surface area contributed by atoms with Crippen molar-refractivity contribution < 1.29 is 9.53 Å². The molecule has 0 saturated heterocycles. The summed E-state index contributed by atoms with van der Waals surface area (Å²) in [5, 5.41) is 4.75. The molecule has 1 amide bonds. The van der Waals surface area contributed by atoms with Gasteiger partial charge in [0.15, 0.2) is 0 Å². The van der Waals surface area contributed by atoms with E-state index in [1.165, 1.54) is 0 Å². The number of imidazole rings is 1. The van der Waals surface area contributed by atoms with Gasteiger partial charge in [-0.25, -0.2) is 0 Å². The lowest BCUT2D eigenvalue weighted by molar-refractivity contribution is 0.0952. The molecule has 0 radical (unpaired) electrons. The van der Waals surface area contributed by atoms with E-state index >= 15 is 0 Å². The van der Waals surface area contributed by atoms with E-state index in [2.05, 4.69) is 44.1 Å². The van der Waals surface area contributed by atoms with E-state index in [0.29, 0.717) is 35.4 Å². The normalized spacial score (nSPS) is 11.4. The van der Waals surface area contributed by atoms with Crippen molar-refractivity contribution in [3.63, 3.8) is 0 Å². The van der Waals surface area contributed by atoms with Crippen LogP contribution < -0.4 is 15.8 Å². The Hall–Kier alpha value is -3.81. The van der Waals surface area contributed by atoms with Crippen LogP contribution >= 0.6 is 11.6 Å². The quantitative estimate of drug-likeness (QED) is 0.200. The Morgan fingerprint density at radius 2 is 1.97 bits per heavy atom. The summed E-state index contributed by atoms with van der Waals surface area (Å²) in [4.78, 5) is 20.5.